The predicted molar refractivity (Wildman–Crippen MR) is 77.2 cm³/mol. The number of fused-ring (bicyclic) bond motifs is 1. The molecule has 0 fully saturated rings. The molecule has 2 aromatic rings. The summed E-state index contributed by atoms with van der Waals surface area (Å²) in [7, 11) is 1.73. The van der Waals surface area contributed by atoms with Gasteiger partial charge < -0.3 is 10.1 Å². The molecule has 0 bridgehead atoms. The largest absolute Gasteiger partial charge is 0.411 e. The Balaban J connectivity index is 2.07. The second-order valence-electron chi connectivity index (χ2n) is 5.14. The quantitative estimate of drug-likeness (QED) is 0.850. The van der Waals surface area contributed by atoms with E-state index in [0.717, 1.165) is 0 Å². The summed E-state index contributed by atoms with van der Waals surface area (Å²) in [5.41, 5.74) is 2.29. The molecule has 0 aliphatic rings. The average molecular weight is 330 g/mol. The van der Waals surface area contributed by atoms with Crippen LogP contribution >= 0.6 is 0 Å². The van der Waals surface area contributed by atoms with Crippen LogP contribution in [-0.4, -0.2) is 46.6 Å². The van der Waals surface area contributed by atoms with E-state index in [4.69, 9.17) is 0 Å². The van der Waals surface area contributed by atoms with E-state index in [0.29, 0.717) is 28.0 Å². The lowest BCUT2D eigenvalue weighted by Gasteiger charge is -2.09. The van der Waals surface area contributed by atoms with E-state index < -0.39 is 18.7 Å². The van der Waals surface area contributed by atoms with Gasteiger partial charge in [-0.15, -0.1) is 0 Å². The number of ether oxygens (including phenoxy) is 1. The van der Waals surface area contributed by atoms with E-state index in [1.54, 1.807) is 31.6 Å². The monoisotopic (exact) mass is 330 g/mol. The van der Waals surface area contributed by atoms with Crippen molar-refractivity contribution in [2.24, 2.45) is 7.05 Å². The van der Waals surface area contributed by atoms with Gasteiger partial charge in [0.05, 0.1) is 23.3 Å². The van der Waals surface area contributed by atoms with Crippen LogP contribution in [0.25, 0.3) is 11.0 Å². The number of aryl methyl sites for hydroxylation is 3. The summed E-state index contributed by atoms with van der Waals surface area (Å²) in [5.74, 6) is -0.396. The van der Waals surface area contributed by atoms with Crippen molar-refractivity contribution >= 4 is 16.9 Å². The first kappa shape index (κ1) is 17.2. The number of nitrogens with zero attached hydrogens (tertiary/aromatic N) is 3. The fraction of sp³-hybridized carbons (Fsp3) is 0.500. The van der Waals surface area contributed by atoms with Crippen LogP contribution in [-0.2, 0) is 11.8 Å². The molecule has 0 spiro atoms. The highest BCUT2D eigenvalue weighted by molar-refractivity contribution is 6.06. The Morgan fingerprint density at radius 3 is 2.74 bits per heavy atom. The van der Waals surface area contributed by atoms with Crippen molar-refractivity contribution in [2.75, 3.05) is 19.8 Å². The summed E-state index contributed by atoms with van der Waals surface area (Å²) in [6.07, 6.45) is -4.37. The maximum Gasteiger partial charge on any atom is 0.411 e. The molecule has 2 rings (SSSR count). The lowest BCUT2D eigenvalue weighted by molar-refractivity contribution is -0.173. The van der Waals surface area contributed by atoms with Gasteiger partial charge in [-0.3, -0.25) is 9.48 Å². The SMILES string of the molecule is Cc1cc(C(=O)NCCOCC(F)(F)F)c2c(C)nn(C)c2n1. The topological polar surface area (TPSA) is 69.0 Å². The Morgan fingerprint density at radius 1 is 1.39 bits per heavy atom. The van der Waals surface area contributed by atoms with Crippen LogP contribution < -0.4 is 5.32 Å². The van der Waals surface area contributed by atoms with Crippen LogP contribution in [0.4, 0.5) is 13.2 Å². The first-order chi connectivity index (χ1) is 10.7. The molecule has 126 valence electrons. The second kappa shape index (κ2) is 6.53. The number of alkyl halides is 3. The van der Waals surface area contributed by atoms with E-state index in [2.05, 4.69) is 20.1 Å². The summed E-state index contributed by atoms with van der Waals surface area (Å²) in [6.45, 7) is 1.96. The zero-order valence-corrected chi connectivity index (χ0v) is 13.0. The molecular formula is C14H17F3N4O2. The van der Waals surface area contributed by atoms with Gasteiger partial charge in [0.1, 0.15) is 6.61 Å². The van der Waals surface area contributed by atoms with Crippen molar-refractivity contribution in [3.8, 4) is 0 Å². The molecule has 0 saturated heterocycles. The van der Waals surface area contributed by atoms with Gasteiger partial charge in [0, 0.05) is 19.3 Å². The average Bonchev–Trinajstić information content (AvgIpc) is 2.71. The molecule has 2 heterocycles. The molecule has 0 aromatic carbocycles. The maximum absolute atomic E-state index is 12.3. The molecule has 1 amide bonds. The molecular weight excluding hydrogens is 313 g/mol. The van der Waals surface area contributed by atoms with Crippen LogP contribution in [0.5, 0.6) is 0 Å². The standard InChI is InChI=1S/C14H17F3N4O2/c1-8-6-10(11-9(2)20-21(3)12(11)19-8)13(22)18-4-5-23-7-14(15,16)17/h6H,4-5,7H2,1-3H3,(H,18,22). The van der Waals surface area contributed by atoms with E-state index in [1.807, 2.05) is 0 Å². The van der Waals surface area contributed by atoms with Gasteiger partial charge in [0.25, 0.3) is 5.91 Å². The molecule has 0 radical (unpaired) electrons. The Morgan fingerprint density at radius 2 is 2.09 bits per heavy atom. The third-order valence-electron chi connectivity index (χ3n) is 3.14. The smallest absolute Gasteiger partial charge is 0.370 e. The van der Waals surface area contributed by atoms with Gasteiger partial charge in [0.2, 0.25) is 0 Å². The van der Waals surface area contributed by atoms with Gasteiger partial charge in [-0.1, -0.05) is 0 Å². The number of amides is 1. The van der Waals surface area contributed by atoms with Crippen molar-refractivity contribution in [1.29, 1.82) is 0 Å². The Bertz CT molecular complexity index is 725. The minimum absolute atomic E-state index is 0.0168. The first-order valence-corrected chi connectivity index (χ1v) is 6.92. The van der Waals surface area contributed by atoms with Gasteiger partial charge in [-0.05, 0) is 19.9 Å². The minimum atomic E-state index is -4.37. The Kier molecular flexibility index (Phi) is 4.88. The third kappa shape index (κ3) is 4.19. The number of halogens is 3. The molecule has 23 heavy (non-hydrogen) atoms. The Labute approximate surface area is 130 Å². The molecule has 0 atom stereocenters. The zero-order valence-electron chi connectivity index (χ0n) is 13.0. The summed E-state index contributed by atoms with van der Waals surface area (Å²) in [5, 5.41) is 7.41. The number of hydrogen-bond donors (Lipinski definition) is 1. The lowest BCUT2D eigenvalue weighted by atomic mass is 10.1. The first-order valence-electron chi connectivity index (χ1n) is 6.92. The lowest BCUT2D eigenvalue weighted by Crippen LogP contribution is -2.29. The van der Waals surface area contributed by atoms with Crippen LogP contribution in [0.15, 0.2) is 6.07 Å². The number of pyridine rings is 1. The molecule has 0 unspecified atom stereocenters. The second-order valence-corrected chi connectivity index (χ2v) is 5.14. The maximum atomic E-state index is 12.3. The fourth-order valence-corrected chi connectivity index (χ4v) is 2.27. The number of hydrogen-bond acceptors (Lipinski definition) is 4. The van der Waals surface area contributed by atoms with Gasteiger partial charge in [-0.25, -0.2) is 4.98 Å². The molecule has 2 aromatic heterocycles. The number of rotatable bonds is 5. The molecule has 6 nitrogen and oxygen atoms in total. The molecule has 9 heteroatoms. The normalized spacial score (nSPS) is 11.9. The van der Waals surface area contributed by atoms with Gasteiger partial charge >= 0.3 is 6.18 Å². The summed E-state index contributed by atoms with van der Waals surface area (Å²) < 4.78 is 41.9. The van der Waals surface area contributed by atoms with Gasteiger partial charge in [-0.2, -0.15) is 18.3 Å². The van der Waals surface area contributed by atoms with E-state index >= 15 is 0 Å². The minimum Gasteiger partial charge on any atom is -0.370 e. The highest BCUT2D eigenvalue weighted by atomic mass is 19.4. The molecule has 0 saturated carbocycles. The number of carbonyl (C=O) groups excluding carboxylic acids is 1. The van der Waals surface area contributed by atoms with Gasteiger partial charge in [0.15, 0.2) is 5.65 Å². The zero-order chi connectivity index (χ0) is 17.2. The van der Waals surface area contributed by atoms with Crippen molar-refractivity contribution in [2.45, 2.75) is 20.0 Å². The summed E-state index contributed by atoms with van der Waals surface area (Å²) in [4.78, 5) is 16.6. The van der Waals surface area contributed by atoms with E-state index in [9.17, 15) is 18.0 Å². The molecule has 0 aliphatic heterocycles. The summed E-state index contributed by atoms with van der Waals surface area (Å²) >= 11 is 0. The van der Waals surface area contributed by atoms with Crippen molar-refractivity contribution < 1.29 is 22.7 Å². The molecule has 0 aliphatic carbocycles. The van der Waals surface area contributed by atoms with Crippen molar-refractivity contribution in [1.82, 2.24) is 20.1 Å². The van der Waals surface area contributed by atoms with Crippen LogP contribution in [0, 0.1) is 13.8 Å². The number of carbonyl (C=O) groups is 1. The predicted octanol–water partition coefficient (Wildman–Crippen LogP) is 1.89. The van der Waals surface area contributed by atoms with Crippen molar-refractivity contribution in [3.05, 3.63) is 23.0 Å². The Hall–Kier alpha value is -2.16. The van der Waals surface area contributed by atoms with E-state index in [-0.39, 0.29) is 13.2 Å². The van der Waals surface area contributed by atoms with Crippen LogP contribution in [0.3, 0.4) is 0 Å². The molecule has 1 N–H and O–H groups in total. The number of nitrogens with one attached hydrogen (secondary N) is 1. The highest BCUT2D eigenvalue weighted by Crippen LogP contribution is 2.21. The van der Waals surface area contributed by atoms with Crippen LogP contribution in [0.1, 0.15) is 21.7 Å². The number of aromatic nitrogens is 3. The van der Waals surface area contributed by atoms with Crippen molar-refractivity contribution in [3.63, 3.8) is 0 Å². The fourth-order valence-electron chi connectivity index (χ4n) is 2.27. The highest BCUT2D eigenvalue weighted by Gasteiger charge is 2.27. The van der Waals surface area contributed by atoms with Crippen LogP contribution in [0.2, 0.25) is 0 Å². The summed E-state index contributed by atoms with van der Waals surface area (Å²) in [6, 6.07) is 1.63. The van der Waals surface area contributed by atoms with E-state index in [1.165, 1.54) is 0 Å². The third-order valence-corrected chi connectivity index (χ3v) is 3.14.